The van der Waals surface area contributed by atoms with E-state index in [1.807, 2.05) is 25.3 Å². The van der Waals surface area contributed by atoms with Crippen molar-refractivity contribution >= 4 is 15.9 Å². The third-order valence-corrected chi connectivity index (χ3v) is 6.00. The summed E-state index contributed by atoms with van der Waals surface area (Å²) < 4.78 is 6.03. The van der Waals surface area contributed by atoms with E-state index >= 15 is 0 Å². The number of methoxy groups -OCH3 is 1. The standard InChI is InChI=1S/C20H18BrN5O/c1-26-6-5-13-14(8-22)19(25)20(10-23,11-24)18(15(13)9-26)12-3-4-17(27-2)16(21)7-12/h3-5,7,15,18H,6,9,25H2,1-2H3/t15-,18-/m0/s1. The first-order valence-electron chi connectivity index (χ1n) is 8.38. The highest BCUT2D eigenvalue weighted by Crippen LogP contribution is 2.54. The lowest BCUT2D eigenvalue weighted by molar-refractivity contribution is 0.237. The Morgan fingerprint density at radius 2 is 2.00 bits per heavy atom. The van der Waals surface area contributed by atoms with E-state index in [4.69, 9.17) is 10.5 Å². The van der Waals surface area contributed by atoms with E-state index in [1.165, 1.54) is 0 Å². The number of likely N-dealkylation sites (N-methyl/N-ethyl adjacent to an activating group) is 1. The lowest BCUT2D eigenvalue weighted by atomic mass is 9.58. The highest BCUT2D eigenvalue weighted by Gasteiger charge is 2.54. The first kappa shape index (κ1) is 19.0. The number of allylic oxidation sites excluding steroid dienone is 2. The van der Waals surface area contributed by atoms with Crippen molar-refractivity contribution in [2.45, 2.75) is 5.92 Å². The molecule has 1 aliphatic carbocycles. The number of hydrogen-bond acceptors (Lipinski definition) is 6. The van der Waals surface area contributed by atoms with Gasteiger partial charge in [-0.1, -0.05) is 12.1 Å². The summed E-state index contributed by atoms with van der Waals surface area (Å²) in [5, 5.41) is 29.7. The van der Waals surface area contributed by atoms with Crippen LogP contribution >= 0.6 is 15.9 Å². The lowest BCUT2D eigenvalue weighted by Crippen LogP contribution is -2.47. The highest BCUT2D eigenvalue weighted by molar-refractivity contribution is 9.10. The zero-order chi connectivity index (χ0) is 19.8. The Morgan fingerprint density at radius 1 is 1.30 bits per heavy atom. The first-order valence-corrected chi connectivity index (χ1v) is 9.18. The van der Waals surface area contributed by atoms with Gasteiger partial charge in [0.2, 0.25) is 0 Å². The van der Waals surface area contributed by atoms with Gasteiger partial charge in [-0.2, -0.15) is 15.8 Å². The summed E-state index contributed by atoms with van der Waals surface area (Å²) in [6.07, 6.45) is 1.98. The topological polar surface area (TPSA) is 110 Å². The van der Waals surface area contributed by atoms with Crippen molar-refractivity contribution < 1.29 is 4.74 Å². The van der Waals surface area contributed by atoms with E-state index in [1.54, 1.807) is 13.2 Å². The minimum Gasteiger partial charge on any atom is -0.496 e. The van der Waals surface area contributed by atoms with Gasteiger partial charge in [0, 0.05) is 24.9 Å². The fourth-order valence-corrected chi connectivity index (χ4v) is 4.63. The molecule has 0 spiro atoms. The van der Waals surface area contributed by atoms with E-state index in [-0.39, 0.29) is 17.2 Å². The molecule has 0 saturated carbocycles. The second kappa shape index (κ2) is 7.08. The van der Waals surface area contributed by atoms with E-state index in [0.717, 1.165) is 15.6 Å². The van der Waals surface area contributed by atoms with Gasteiger partial charge in [-0.25, -0.2) is 0 Å². The molecule has 1 aliphatic heterocycles. The molecule has 27 heavy (non-hydrogen) atoms. The zero-order valence-corrected chi connectivity index (χ0v) is 16.6. The largest absolute Gasteiger partial charge is 0.496 e. The summed E-state index contributed by atoms with van der Waals surface area (Å²) in [6, 6.07) is 11.9. The number of fused-ring (bicyclic) bond motifs is 1. The predicted octanol–water partition coefficient (Wildman–Crippen LogP) is 2.81. The molecule has 3 rings (SSSR count). The van der Waals surface area contributed by atoms with E-state index in [0.29, 0.717) is 18.8 Å². The Labute approximate surface area is 166 Å². The highest BCUT2D eigenvalue weighted by atomic mass is 79.9. The molecule has 0 fully saturated rings. The van der Waals surface area contributed by atoms with E-state index in [9.17, 15) is 15.8 Å². The van der Waals surface area contributed by atoms with Crippen LogP contribution in [0.3, 0.4) is 0 Å². The quantitative estimate of drug-likeness (QED) is 0.782. The molecule has 0 aromatic heterocycles. The van der Waals surface area contributed by atoms with E-state index < -0.39 is 11.3 Å². The van der Waals surface area contributed by atoms with Gasteiger partial charge in [0.05, 0.1) is 35.0 Å². The SMILES string of the molecule is COc1ccc([C@H]2[C@H]3CN(C)CC=C3C(C#N)=C(N)C2(C#N)C#N)cc1Br. The van der Waals surface area contributed by atoms with Gasteiger partial charge >= 0.3 is 0 Å². The average molecular weight is 424 g/mol. The molecule has 0 saturated heterocycles. The second-order valence-corrected chi connectivity index (χ2v) is 7.65. The van der Waals surface area contributed by atoms with Crippen molar-refractivity contribution in [3.05, 3.63) is 51.2 Å². The Hall–Kier alpha value is -2.79. The Kier molecular flexibility index (Phi) is 4.98. The predicted molar refractivity (Wildman–Crippen MR) is 103 cm³/mol. The number of nitrogens with two attached hydrogens (primary N) is 1. The average Bonchev–Trinajstić information content (AvgIpc) is 2.67. The Balaban J connectivity index is 2.31. The summed E-state index contributed by atoms with van der Waals surface area (Å²) in [5.41, 5.74) is 6.60. The summed E-state index contributed by atoms with van der Waals surface area (Å²) >= 11 is 3.48. The van der Waals surface area contributed by atoms with Crippen LogP contribution in [-0.4, -0.2) is 32.1 Å². The van der Waals surface area contributed by atoms with Crippen LogP contribution in [0.25, 0.3) is 0 Å². The van der Waals surface area contributed by atoms with Crippen LogP contribution in [0, 0.1) is 45.3 Å². The molecular weight excluding hydrogens is 406 g/mol. The maximum absolute atomic E-state index is 10.0. The number of benzene rings is 1. The molecule has 1 aromatic rings. The minimum atomic E-state index is -1.61. The number of nitriles is 3. The van der Waals surface area contributed by atoms with Gasteiger partial charge in [0.1, 0.15) is 11.8 Å². The molecular formula is C20H18BrN5O. The van der Waals surface area contributed by atoms with Crippen molar-refractivity contribution in [3.63, 3.8) is 0 Å². The fraction of sp³-hybridized carbons (Fsp3) is 0.350. The third kappa shape index (κ3) is 2.79. The summed E-state index contributed by atoms with van der Waals surface area (Å²) in [5.74, 6) is -0.0297. The van der Waals surface area contributed by atoms with Crippen LogP contribution in [0.15, 0.2) is 45.6 Å². The maximum Gasteiger partial charge on any atom is 0.191 e. The van der Waals surface area contributed by atoms with Crippen LogP contribution in [0.2, 0.25) is 0 Å². The molecule has 2 N–H and O–H groups in total. The molecule has 1 heterocycles. The van der Waals surface area contributed by atoms with Crippen LogP contribution < -0.4 is 10.5 Å². The van der Waals surface area contributed by atoms with Gasteiger partial charge in [-0.05, 0) is 46.2 Å². The zero-order valence-electron chi connectivity index (χ0n) is 15.0. The lowest BCUT2D eigenvalue weighted by Gasteiger charge is -2.45. The Bertz CT molecular complexity index is 962. The van der Waals surface area contributed by atoms with Crippen LogP contribution in [0.5, 0.6) is 5.75 Å². The van der Waals surface area contributed by atoms with Gasteiger partial charge in [0.15, 0.2) is 5.41 Å². The molecule has 0 bridgehead atoms. The van der Waals surface area contributed by atoms with Crippen molar-refractivity contribution in [3.8, 4) is 24.0 Å². The Morgan fingerprint density at radius 3 is 2.56 bits per heavy atom. The monoisotopic (exact) mass is 423 g/mol. The van der Waals surface area contributed by atoms with Gasteiger partial charge < -0.3 is 15.4 Å². The number of hydrogen-bond donors (Lipinski definition) is 1. The maximum atomic E-state index is 10.0. The van der Waals surface area contributed by atoms with Gasteiger partial charge in [-0.15, -0.1) is 0 Å². The minimum absolute atomic E-state index is 0.0407. The molecule has 6 nitrogen and oxygen atoms in total. The van der Waals surface area contributed by atoms with Crippen LogP contribution in [-0.2, 0) is 0 Å². The molecule has 2 atom stereocenters. The van der Waals surface area contributed by atoms with Crippen LogP contribution in [0.1, 0.15) is 11.5 Å². The normalized spacial score (nSPS) is 24.1. The molecule has 0 radical (unpaired) electrons. The molecule has 0 amide bonds. The summed E-state index contributed by atoms with van der Waals surface area (Å²) in [6.45, 7) is 1.32. The summed E-state index contributed by atoms with van der Waals surface area (Å²) in [7, 11) is 3.55. The van der Waals surface area contributed by atoms with Gasteiger partial charge in [0.25, 0.3) is 0 Å². The number of rotatable bonds is 2. The van der Waals surface area contributed by atoms with Crippen LogP contribution in [0.4, 0.5) is 0 Å². The number of ether oxygens (including phenoxy) is 1. The molecule has 1 aromatic carbocycles. The molecule has 136 valence electrons. The first-order chi connectivity index (χ1) is 12.9. The fourth-order valence-electron chi connectivity index (χ4n) is 4.08. The van der Waals surface area contributed by atoms with Crippen molar-refractivity contribution in [1.82, 2.24) is 4.90 Å². The molecule has 2 aliphatic rings. The van der Waals surface area contributed by atoms with Gasteiger partial charge in [-0.3, -0.25) is 0 Å². The molecule has 0 unspecified atom stereocenters. The van der Waals surface area contributed by atoms with E-state index in [2.05, 4.69) is 39.0 Å². The molecule has 7 heteroatoms. The van der Waals surface area contributed by atoms with Crippen molar-refractivity contribution in [2.24, 2.45) is 17.1 Å². The smallest absolute Gasteiger partial charge is 0.191 e. The number of nitrogens with zero attached hydrogens (tertiary/aromatic N) is 4. The second-order valence-electron chi connectivity index (χ2n) is 6.79. The van der Waals surface area contributed by atoms with Crippen molar-refractivity contribution in [2.75, 3.05) is 27.2 Å². The summed E-state index contributed by atoms with van der Waals surface area (Å²) in [4.78, 5) is 2.11. The third-order valence-electron chi connectivity index (χ3n) is 5.38. The van der Waals surface area contributed by atoms with Crippen molar-refractivity contribution in [1.29, 1.82) is 15.8 Å². The number of halogens is 1.